The van der Waals surface area contributed by atoms with Crippen LogP contribution in [-0.4, -0.2) is 144 Å². The minimum Gasteiger partial charge on any atom is -0.378 e. The van der Waals surface area contributed by atoms with Crippen molar-refractivity contribution in [2.45, 2.75) is 52.0 Å². The van der Waals surface area contributed by atoms with Crippen LogP contribution in [0.2, 0.25) is 0 Å². The quantitative estimate of drug-likeness (QED) is 0.0567. The molecule has 4 aromatic carbocycles. The van der Waals surface area contributed by atoms with Gasteiger partial charge < -0.3 is 40.2 Å². The molecule has 3 aliphatic rings. The monoisotopic (exact) mass is 1020 g/mol. The van der Waals surface area contributed by atoms with Gasteiger partial charge in [-0.05, 0) is 84.5 Å². The third-order valence-corrected chi connectivity index (χ3v) is 13.4. The Morgan fingerprint density at radius 2 is 1.44 bits per heavy atom. The number of piperidine rings is 1. The molecule has 0 bridgehead atoms. The summed E-state index contributed by atoms with van der Waals surface area (Å²) in [5.74, 6) is -3.01. The second kappa shape index (κ2) is 23.4. The number of amides is 7. The molecular weight excluding hydrogens is 961 g/mol. The van der Waals surface area contributed by atoms with E-state index in [9.17, 15) is 38.4 Å². The Balaban J connectivity index is 0.713. The van der Waals surface area contributed by atoms with Crippen LogP contribution < -0.4 is 32.1 Å². The summed E-state index contributed by atoms with van der Waals surface area (Å²) in [7, 11) is 1.66. The van der Waals surface area contributed by atoms with Crippen molar-refractivity contribution in [3.05, 3.63) is 135 Å². The molecule has 1 aromatic heterocycles. The maximum Gasteiger partial charge on any atom is 0.293 e. The maximum atomic E-state index is 13.5. The average molecular weight is 1020 g/mol. The molecule has 0 radical (unpaired) electrons. The first-order chi connectivity index (χ1) is 36.0. The number of ether oxygens (including phenoxy) is 2. The SMILES string of the molecule is Cc1c(NC(=O)c2ccc(C(C)(C)C)cc2)cccc1-c1cn(C)c(=O)c(Nc2ccc(C(=O)N3CCN(CCOCCOCCNC(=O)CNc4cccc5c4C(=O)N(C4CCC(=O)NC4=O)C5=O)CC3)cc2)n1. The number of carbonyl (C=O) groups is 7. The van der Waals surface area contributed by atoms with E-state index in [0.29, 0.717) is 80.7 Å². The Hall–Kier alpha value is -8.07. The number of fused-ring (bicyclic) bond motifs is 1. The molecule has 4 heterocycles. The summed E-state index contributed by atoms with van der Waals surface area (Å²) in [6, 6.07) is 23.7. The number of rotatable bonds is 19. The van der Waals surface area contributed by atoms with Gasteiger partial charge in [0, 0.05) is 92.7 Å². The molecule has 20 heteroatoms. The van der Waals surface area contributed by atoms with Crippen molar-refractivity contribution in [2.75, 3.05) is 88.2 Å². The Bertz CT molecular complexity index is 3050. The van der Waals surface area contributed by atoms with Gasteiger partial charge in [0.1, 0.15) is 6.04 Å². The van der Waals surface area contributed by atoms with Crippen molar-refractivity contribution in [1.82, 2.24) is 34.9 Å². The Morgan fingerprint density at radius 3 is 2.13 bits per heavy atom. The Kier molecular flexibility index (Phi) is 16.6. The first-order valence-corrected chi connectivity index (χ1v) is 25.0. The first kappa shape index (κ1) is 53.2. The summed E-state index contributed by atoms with van der Waals surface area (Å²) < 4.78 is 12.8. The minimum atomic E-state index is -1.09. The van der Waals surface area contributed by atoms with Gasteiger partial charge in [-0.25, -0.2) is 4.98 Å². The molecule has 0 spiro atoms. The van der Waals surface area contributed by atoms with E-state index >= 15 is 0 Å². The van der Waals surface area contributed by atoms with Crippen LogP contribution in [0.5, 0.6) is 0 Å². The number of hydrogen-bond donors (Lipinski definition) is 5. The second-order valence-electron chi connectivity index (χ2n) is 19.6. The molecule has 0 aliphatic carbocycles. The number of nitrogens with one attached hydrogen (secondary N) is 5. The van der Waals surface area contributed by atoms with Gasteiger partial charge in [0.15, 0.2) is 5.82 Å². The largest absolute Gasteiger partial charge is 0.378 e. The maximum absolute atomic E-state index is 13.5. The molecule has 75 heavy (non-hydrogen) atoms. The van der Waals surface area contributed by atoms with Gasteiger partial charge in [0.05, 0.1) is 49.8 Å². The fourth-order valence-electron chi connectivity index (χ4n) is 9.05. The van der Waals surface area contributed by atoms with Gasteiger partial charge in [-0.2, -0.15) is 0 Å². The number of anilines is 4. The molecule has 3 aliphatic heterocycles. The third-order valence-electron chi connectivity index (χ3n) is 13.4. The van der Waals surface area contributed by atoms with E-state index in [0.717, 1.165) is 21.6 Å². The van der Waals surface area contributed by atoms with Crippen LogP contribution in [-0.2, 0) is 36.3 Å². The normalized spacial score (nSPS) is 15.9. The number of carbonyl (C=O) groups excluding carboxylic acids is 7. The fourth-order valence-corrected chi connectivity index (χ4v) is 9.05. The van der Waals surface area contributed by atoms with Crippen LogP contribution in [0.15, 0.2) is 95.9 Å². The summed E-state index contributed by atoms with van der Waals surface area (Å²) in [6.07, 6.45) is 1.72. The Labute approximate surface area is 434 Å². The summed E-state index contributed by atoms with van der Waals surface area (Å²) in [4.78, 5) is 113. The van der Waals surface area contributed by atoms with Crippen molar-refractivity contribution >= 4 is 64.2 Å². The van der Waals surface area contributed by atoms with Gasteiger partial charge >= 0.3 is 0 Å². The van der Waals surface area contributed by atoms with Crippen molar-refractivity contribution in [1.29, 1.82) is 0 Å². The highest BCUT2D eigenvalue weighted by molar-refractivity contribution is 6.25. The fraction of sp³-hybridized carbons (Fsp3) is 0.364. The predicted octanol–water partition coefficient (Wildman–Crippen LogP) is 4.47. The molecule has 5 aromatic rings. The van der Waals surface area contributed by atoms with E-state index in [4.69, 9.17) is 14.5 Å². The number of piperazine rings is 1. The van der Waals surface area contributed by atoms with E-state index in [1.807, 2.05) is 54.3 Å². The van der Waals surface area contributed by atoms with E-state index in [1.165, 1.54) is 10.6 Å². The van der Waals surface area contributed by atoms with E-state index in [1.54, 1.807) is 49.6 Å². The summed E-state index contributed by atoms with van der Waals surface area (Å²) in [5.41, 5.74) is 5.61. The molecular formula is C55H62N10O10. The molecule has 392 valence electrons. The van der Waals surface area contributed by atoms with Gasteiger partial charge in [0.2, 0.25) is 17.7 Å². The van der Waals surface area contributed by atoms with Crippen molar-refractivity contribution in [2.24, 2.45) is 7.05 Å². The van der Waals surface area contributed by atoms with E-state index < -0.39 is 29.7 Å². The lowest BCUT2D eigenvalue weighted by Crippen LogP contribution is -2.54. The smallest absolute Gasteiger partial charge is 0.293 e. The molecule has 2 fully saturated rings. The lowest BCUT2D eigenvalue weighted by Gasteiger charge is -2.34. The highest BCUT2D eigenvalue weighted by Gasteiger charge is 2.45. The highest BCUT2D eigenvalue weighted by Crippen LogP contribution is 2.33. The van der Waals surface area contributed by atoms with Crippen LogP contribution >= 0.6 is 0 Å². The third kappa shape index (κ3) is 12.7. The molecule has 1 unspecified atom stereocenters. The van der Waals surface area contributed by atoms with E-state index in [-0.39, 0.29) is 83.9 Å². The average Bonchev–Trinajstić information content (AvgIpc) is 3.65. The number of nitrogens with zero attached hydrogens (tertiary/aromatic N) is 5. The number of imide groups is 2. The van der Waals surface area contributed by atoms with Crippen LogP contribution in [0.25, 0.3) is 11.3 Å². The van der Waals surface area contributed by atoms with Crippen molar-refractivity contribution in [3.63, 3.8) is 0 Å². The van der Waals surface area contributed by atoms with Crippen molar-refractivity contribution < 1.29 is 43.0 Å². The molecule has 8 rings (SSSR count). The summed E-state index contributed by atoms with van der Waals surface area (Å²) in [6.45, 7) is 12.9. The minimum absolute atomic E-state index is 0.0138. The number of benzene rings is 4. The zero-order chi connectivity index (χ0) is 53.4. The van der Waals surface area contributed by atoms with Crippen LogP contribution in [0, 0.1) is 6.92 Å². The van der Waals surface area contributed by atoms with Crippen LogP contribution in [0.1, 0.15) is 86.2 Å². The topological polar surface area (TPSA) is 243 Å². The molecule has 2 saturated heterocycles. The standard InChI is InChI=1S/C55H62N10O10/c1-34-39(8-6-10-41(34)60-49(68)35-12-16-37(17-13-35)55(2,3)4)43-33-62(5)54(73)48(59-43)58-38-18-14-36(15-19-38)51(70)64-25-23-63(24-26-64)27-29-75-31-30-74-28-22-56-46(67)32-57-42-11-7-9-40-47(42)53(72)65(52(40)71)44-20-21-45(66)61-50(44)69/h6-19,33,44,57H,20-32H2,1-5H3,(H,56,67)(H,58,59)(H,60,68)(H,61,66,69). The predicted molar refractivity (Wildman–Crippen MR) is 281 cm³/mol. The lowest BCUT2D eigenvalue weighted by molar-refractivity contribution is -0.136. The van der Waals surface area contributed by atoms with Gasteiger partial charge in [-0.15, -0.1) is 0 Å². The summed E-state index contributed by atoms with van der Waals surface area (Å²) >= 11 is 0. The molecule has 7 amide bonds. The summed E-state index contributed by atoms with van der Waals surface area (Å²) in [5, 5.41) is 14.0. The number of hydrogen-bond acceptors (Lipinski definition) is 14. The zero-order valence-electron chi connectivity index (χ0n) is 42.7. The highest BCUT2D eigenvalue weighted by atomic mass is 16.5. The first-order valence-electron chi connectivity index (χ1n) is 25.0. The lowest BCUT2D eigenvalue weighted by atomic mass is 9.86. The van der Waals surface area contributed by atoms with Gasteiger partial charge in [0.25, 0.3) is 29.2 Å². The number of aromatic nitrogens is 2. The molecule has 20 nitrogen and oxygen atoms in total. The van der Waals surface area contributed by atoms with Gasteiger partial charge in [-0.3, -0.25) is 53.5 Å². The van der Waals surface area contributed by atoms with Gasteiger partial charge in [-0.1, -0.05) is 51.1 Å². The zero-order valence-corrected chi connectivity index (χ0v) is 42.7. The van der Waals surface area contributed by atoms with Crippen LogP contribution in [0.3, 0.4) is 0 Å². The molecule has 1 atom stereocenters. The Morgan fingerprint density at radius 1 is 0.773 bits per heavy atom. The molecule has 0 saturated carbocycles. The van der Waals surface area contributed by atoms with Crippen LogP contribution in [0.4, 0.5) is 22.9 Å². The van der Waals surface area contributed by atoms with E-state index in [2.05, 4.69) is 52.3 Å². The number of aryl methyl sites for hydroxylation is 1. The molecule has 5 N–H and O–H groups in total. The second-order valence-corrected chi connectivity index (χ2v) is 19.6. The van der Waals surface area contributed by atoms with Crippen molar-refractivity contribution in [3.8, 4) is 11.3 Å².